The number of hydrogen-bond acceptors (Lipinski definition) is 2. The fourth-order valence-electron chi connectivity index (χ4n) is 2.24. The van der Waals surface area contributed by atoms with Crippen LogP contribution in [0.4, 0.5) is 11.4 Å². The summed E-state index contributed by atoms with van der Waals surface area (Å²) >= 11 is 0. The molecule has 0 heterocycles. The van der Waals surface area contributed by atoms with Crippen molar-refractivity contribution in [2.75, 3.05) is 17.2 Å². The Labute approximate surface area is 166 Å². The largest absolute Gasteiger partial charge is 0.370 e. The lowest BCUT2D eigenvalue weighted by Crippen LogP contribution is -2.25. The number of aliphatic imine (C=N–C) groups is 1. The van der Waals surface area contributed by atoms with Gasteiger partial charge in [0.15, 0.2) is 5.96 Å². The van der Waals surface area contributed by atoms with E-state index >= 15 is 0 Å². The number of amides is 1. The molecule has 0 atom stereocenters. The Kier molecular flexibility index (Phi) is 8.98. The molecule has 0 aliphatic heterocycles. The van der Waals surface area contributed by atoms with Gasteiger partial charge in [-0.1, -0.05) is 38.1 Å². The summed E-state index contributed by atoms with van der Waals surface area (Å²) in [6, 6.07) is 15.7. The zero-order valence-electron chi connectivity index (χ0n) is 14.6. The van der Waals surface area contributed by atoms with E-state index < -0.39 is 0 Å². The number of nitrogens with one attached hydrogen (secondary N) is 2. The molecule has 0 saturated carbocycles. The summed E-state index contributed by atoms with van der Waals surface area (Å²) in [6.07, 6.45) is 1.92. The highest BCUT2D eigenvalue weighted by Crippen LogP contribution is 2.11. The molecule has 0 spiro atoms. The molecular formula is C19H25IN4O. The average molecular weight is 452 g/mol. The van der Waals surface area contributed by atoms with E-state index in [9.17, 15) is 4.79 Å². The smallest absolute Gasteiger partial charge is 0.246 e. The van der Waals surface area contributed by atoms with Crippen LogP contribution in [0.3, 0.4) is 0 Å². The first-order chi connectivity index (χ1) is 11.6. The van der Waals surface area contributed by atoms with Crippen molar-refractivity contribution in [2.45, 2.75) is 26.7 Å². The van der Waals surface area contributed by atoms with E-state index in [2.05, 4.69) is 29.5 Å². The van der Waals surface area contributed by atoms with Gasteiger partial charge in [0.05, 0.1) is 0 Å². The lowest BCUT2D eigenvalue weighted by atomic mass is 10.1. The molecule has 0 bridgehead atoms. The number of carbonyl (C=O) groups is 1. The minimum atomic E-state index is -0.200. The summed E-state index contributed by atoms with van der Waals surface area (Å²) in [6.45, 7) is 4.15. The Morgan fingerprint density at radius 3 is 2.28 bits per heavy atom. The number of nitrogens with zero attached hydrogens (tertiary/aromatic N) is 1. The van der Waals surface area contributed by atoms with Crippen LogP contribution in [0.15, 0.2) is 53.5 Å². The van der Waals surface area contributed by atoms with Crippen molar-refractivity contribution < 1.29 is 4.79 Å². The molecule has 0 saturated heterocycles. The maximum Gasteiger partial charge on any atom is 0.246 e. The standard InChI is InChI=1S/C19H24N4O.HI/c1-3-14-8-10-16(11-9-14)23-19(20)21-13-18(24)22-17-7-5-6-15(4-2)12-17;/h5-12H,3-4,13H2,1-2H3,(H,22,24)(H3,20,21,23);1H. The molecule has 6 heteroatoms. The van der Waals surface area contributed by atoms with Gasteiger partial charge < -0.3 is 16.4 Å². The van der Waals surface area contributed by atoms with Gasteiger partial charge in [0.25, 0.3) is 0 Å². The third kappa shape index (κ3) is 7.13. The van der Waals surface area contributed by atoms with Crippen LogP contribution in [-0.2, 0) is 17.6 Å². The molecule has 1 amide bonds. The van der Waals surface area contributed by atoms with E-state index in [1.807, 2.05) is 48.5 Å². The second kappa shape index (κ2) is 10.7. The summed E-state index contributed by atoms with van der Waals surface area (Å²) in [5.41, 5.74) is 9.88. The Bertz CT molecular complexity index is 714. The highest BCUT2D eigenvalue weighted by molar-refractivity contribution is 14.0. The molecule has 0 aromatic heterocycles. The van der Waals surface area contributed by atoms with Crippen molar-refractivity contribution in [1.29, 1.82) is 0 Å². The quantitative estimate of drug-likeness (QED) is 0.355. The third-order valence-electron chi connectivity index (χ3n) is 3.65. The van der Waals surface area contributed by atoms with Crippen molar-refractivity contribution in [3.8, 4) is 0 Å². The van der Waals surface area contributed by atoms with Crippen LogP contribution in [-0.4, -0.2) is 18.4 Å². The van der Waals surface area contributed by atoms with Crippen LogP contribution in [0.25, 0.3) is 0 Å². The van der Waals surface area contributed by atoms with E-state index in [0.29, 0.717) is 0 Å². The van der Waals surface area contributed by atoms with Crippen LogP contribution >= 0.6 is 24.0 Å². The number of anilines is 2. The summed E-state index contributed by atoms with van der Waals surface area (Å²) in [5, 5.41) is 5.80. The van der Waals surface area contributed by atoms with Crippen molar-refractivity contribution in [1.82, 2.24) is 0 Å². The molecule has 2 aromatic rings. The van der Waals surface area contributed by atoms with Gasteiger partial charge in [-0.3, -0.25) is 4.79 Å². The molecule has 4 N–H and O–H groups in total. The van der Waals surface area contributed by atoms with Crippen molar-refractivity contribution in [2.24, 2.45) is 10.7 Å². The number of benzene rings is 2. The van der Waals surface area contributed by atoms with E-state index in [-0.39, 0.29) is 42.4 Å². The maximum atomic E-state index is 12.0. The van der Waals surface area contributed by atoms with Gasteiger partial charge in [-0.15, -0.1) is 24.0 Å². The molecular weight excluding hydrogens is 427 g/mol. The number of hydrogen-bond donors (Lipinski definition) is 3. The number of rotatable bonds is 6. The molecule has 134 valence electrons. The van der Waals surface area contributed by atoms with Crippen LogP contribution in [0, 0.1) is 0 Å². The van der Waals surface area contributed by atoms with Crippen molar-refractivity contribution in [3.63, 3.8) is 0 Å². The van der Waals surface area contributed by atoms with Gasteiger partial charge >= 0.3 is 0 Å². The molecule has 0 aliphatic carbocycles. The summed E-state index contributed by atoms with van der Waals surface area (Å²) in [5.74, 6) is 0.0195. The average Bonchev–Trinajstić information content (AvgIpc) is 2.61. The first-order valence-corrected chi connectivity index (χ1v) is 8.15. The fourth-order valence-corrected chi connectivity index (χ4v) is 2.24. The van der Waals surface area contributed by atoms with E-state index in [4.69, 9.17) is 5.73 Å². The molecule has 0 unspecified atom stereocenters. The maximum absolute atomic E-state index is 12.0. The van der Waals surface area contributed by atoms with Crippen molar-refractivity contribution in [3.05, 3.63) is 59.7 Å². The highest BCUT2D eigenvalue weighted by atomic mass is 127. The van der Waals surface area contributed by atoms with Crippen LogP contribution in [0.1, 0.15) is 25.0 Å². The Morgan fingerprint density at radius 1 is 0.960 bits per heavy atom. The van der Waals surface area contributed by atoms with Crippen LogP contribution < -0.4 is 16.4 Å². The number of aryl methyl sites for hydroxylation is 2. The zero-order chi connectivity index (χ0) is 17.4. The Balaban J connectivity index is 0.00000312. The fraction of sp³-hybridized carbons (Fsp3) is 0.263. The normalized spacial score (nSPS) is 10.7. The Hall–Kier alpha value is -2.09. The predicted molar refractivity (Wildman–Crippen MR) is 116 cm³/mol. The number of nitrogens with two attached hydrogens (primary N) is 1. The first-order valence-electron chi connectivity index (χ1n) is 8.15. The third-order valence-corrected chi connectivity index (χ3v) is 3.65. The SMILES string of the molecule is CCc1ccc(NC(N)=NCC(=O)Nc2cccc(CC)c2)cc1.I. The topological polar surface area (TPSA) is 79.5 Å². The summed E-state index contributed by atoms with van der Waals surface area (Å²) < 4.78 is 0. The van der Waals surface area contributed by atoms with Gasteiger partial charge in [0, 0.05) is 11.4 Å². The van der Waals surface area contributed by atoms with Gasteiger partial charge in [0.2, 0.25) is 5.91 Å². The predicted octanol–water partition coefficient (Wildman–Crippen LogP) is 3.79. The van der Waals surface area contributed by atoms with Gasteiger partial charge in [-0.25, -0.2) is 4.99 Å². The number of guanidine groups is 1. The minimum absolute atomic E-state index is 0. The van der Waals surface area contributed by atoms with Crippen LogP contribution in [0.2, 0.25) is 0 Å². The molecule has 25 heavy (non-hydrogen) atoms. The molecule has 0 aliphatic rings. The molecule has 0 fully saturated rings. The lowest BCUT2D eigenvalue weighted by molar-refractivity contribution is -0.114. The molecule has 2 rings (SSSR count). The summed E-state index contributed by atoms with van der Waals surface area (Å²) in [4.78, 5) is 16.0. The second-order valence-corrected chi connectivity index (χ2v) is 5.48. The summed E-state index contributed by atoms with van der Waals surface area (Å²) in [7, 11) is 0. The van der Waals surface area contributed by atoms with Crippen LogP contribution in [0.5, 0.6) is 0 Å². The zero-order valence-corrected chi connectivity index (χ0v) is 16.9. The van der Waals surface area contributed by atoms with Gasteiger partial charge in [-0.2, -0.15) is 0 Å². The highest BCUT2D eigenvalue weighted by Gasteiger charge is 2.03. The monoisotopic (exact) mass is 452 g/mol. The number of halogens is 1. The minimum Gasteiger partial charge on any atom is -0.370 e. The molecule has 5 nitrogen and oxygen atoms in total. The second-order valence-electron chi connectivity index (χ2n) is 5.48. The van der Waals surface area contributed by atoms with Gasteiger partial charge in [-0.05, 0) is 48.2 Å². The van der Waals surface area contributed by atoms with Crippen molar-refractivity contribution >= 4 is 47.2 Å². The molecule has 2 aromatic carbocycles. The first kappa shape index (κ1) is 21.0. The lowest BCUT2D eigenvalue weighted by Gasteiger charge is -2.07. The number of carbonyl (C=O) groups excluding carboxylic acids is 1. The van der Waals surface area contributed by atoms with Gasteiger partial charge in [0.1, 0.15) is 6.54 Å². The van der Waals surface area contributed by atoms with E-state index in [1.54, 1.807) is 0 Å². The van der Waals surface area contributed by atoms with E-state index in [1.165, 1.54) is 11.1 Å². The Morgan fingerprint density at radius 2 is 1.64 bits per heavy atom. The molecule has 0 radical (unpaired) electrons. The van der Waals surface area contributed by atoms with E-state index in [0.717, 1.165) is 24.2 Å².